The lowest BCUT2D eigenvalue weighted by molar-refractivity contribution is -0.139. The van der Waals surface area contributed by atoms with Gasteiger partial charge < -0.3 is 20.4 Å². The lowest BCUT2D eigenvalue weighted by atomic mass is 9.95. The van der Waals surface area contributed by atoms with Crippen molar-refractivity contribution in [2.24, 2.45) is 0 Å². The Labute approximate surface area is 148 Å². The van der Waals surface area contributed by atoms with Crippen molar-refractivity contribution in [3.8, 4) is 0 Å². The van der Waals surface area contributed by atoms with Gasteiger partial charge in [-0.1, -0.05) is 6.07 Å². The Morgan fingerprint density at radius 3 is 2.46 bits per heavy atom. The molecule has 0 aliphatic carbocycles. The molecule has 1 saturated heterocycles. The van der Waals surface area contributed by atoms with Crippen molar-refractivity contribution in [1.82, 2.24) is 20.4 Å². The number of hydrogen-bond donors (Lipinski definition) is 2. The third-order valence-corrected chi connectivity index (χ3v) is 5.33. The number of carbonyl (C=O) groups is 2. The number of nitrogens with zero attached hydrogens (tertiary/aromatic N) is 2. The molecule has 0 aromatic carbocycles. The quantitative estimate of drug-likeness (QED) is 0.710. The first-order valence-electron chi connectivity index (χ1n) is 8.53. The smallest absolute Gasteiger partial charge is 0.309 e. The van der Waals surface area contributed by atoms with E-state index >= 15 is 0 Å². The first-order chi connectivity index (χ1) is 11.6. The van der Waals surface area contributed by atoms with Gasteiger partial charge in [0.25, 0.3) is 0 Å². The van der Waals surface area contributed by atoms with E-state index in [4.69, 9.17) is 0 Å². The standard InChI is InChI=1S/C17H28N4O2S/c1-20(2)11-7-18-16(22)17(23)19-8-12-21-9-5-14(6-10-21)15-4-3-13-24-15/h3-4,13-14H,5-12H2,1-2H3,(H,18,22)(H,19,23). The van der Waals surface area contributed by atoms with Gasteiger partial charge in [-0.05, 0) is 57.4 Å². The summed E-state index contributed by atoms with van der Waals surface area (Å²) in [5.74, 6) is -0.409. The van der Waals surface area contributed by atoms with Crippen molar-refractivity contribution in [2.45, 2.75) is 18.8 Å². The van der Waals surface area contributed by atoms with Crippen molar-refractivity contribution in [1.29, 1.82) is 0 Å². The number of amides is 2. The lowest BCUT2D eigenvalue weighted by Crippen LogP contribution is -2.45. The molecule has 1 aromatic rings. The highest BCUT2D eigenvalue weighted by Gasteiger charge is 2.21. The topological polar surface area (TPSA) is 64.7 Å². The van der Waals surface area contributed by atoms with Crippen LogP contribution in [0.5, 0.6) is 0 Å². The third kappa shape index (κ3) is 6.22. The minimum Gasteiger partial charge on any atom is -0.347 e. The molecule has 0 unspecified atom stereocenters. The van der Waals surface area contributed by atoms with Gasteiger partial charge in [-0.3, -0.25) is 9.59 Å². The Balaban J connectivity index is 1.57. The molecule has 1 fully saturated rings. The van der Waals surface area contributed by atoms with Crippen LogP contribution in [0.4, 0.5) is 0 Å². The molecule has 1 aliphatic heterocycles. The summed E-state index contributed by atoms with van der Waals surface area (Å²) in [7, 11) is 3.85. The number of thiophene rings is 1. The van der Waals surface area contributed by atoms with E-state index in [1.165, 1.54) is 17.7 Å². The van der Waals surface area contributed by atoms with E-state index in [-0.39, 0.29) is 0 Å². The van der Waals surface area contributed by atoms with Crippen LogP contribution in [-0.4, -0.2) is 75.0 Å². The Hall–Kier alpha value is -1.44. The van der Waals surface area contributed by atoms with Gasteiger partial charge in [0.2, 0.25) is 0 Å². The fourth-order valence-corrected chi connectivity index (χ4v) is 3.75. The summed E-state index contributed by atoms with van der Waals surface area (Å²) in [6.07, 6.45) is 2.33. The maximum absolute atomic E-state index is 11.7. The molecule has 0 atom stereocenters. The molecule has 2 amide bonds. The highest BCUT2D eigenvalue weighted by Crippen LogP contribution is 2.30. The van der Waals surface area contributed by atoms with Gasteiger partial charge in [-0.15, -0.1) is 11.3 Å². The van der Waals surface area contributed by atoms with Gasteiger partial charge >= 0.3 is 11.8 Å². The van der Waals surface area contributed by atoms with Crippen LogP contribution < -0.4 is 10.6 Å². The highest BCUT2D eigenvalue weighted by atomic mass is 32.1. The van der Waals surface area contributed by atoms with Crippen LogP contribution in [0.15, 0.2) is 17.5 Å². The summed E-state index contributed by atoms with van der Waals surface area (Å²) in [5, 5.41) is 7.46. The van der Waals surface area contributed by atoms with Crippen molar-refractivity contribution < 1.29 is 9.59 Å². The molecule has 6 nitrogen and oxygen atoms in total. The Bertz CT molecular complexity index is 511. The predicted octanol–water partition coefficient (Wildman–Crippen LogP) is 0.722. The van der Waals surface area contributed by atoms with E-state index in [2.05, 4.69) is 33.0 Å². The van der Waals surface area contributed by atoms with Crippen LogP contribution in [0.25, 0.3) is 0 Å². The summed E-state index contributed by atoms with van der Waals surface area (Å²) < 4.78 is 0. The molecular formula is C17H28N4O2S. The van der Waals surface area contributed by atoms with Crippen molar-refractivity contribution >= 4 is 23.2 Å². The molecule has 2 rings (SSSR count). The predicted molar refractivity (Wildman–Crippen MR) is 97.3 cm³/mol. The summed E-state index contributed by atoms with van der Waals surface area (Å²) in [6.45, 7) is 4.62. The molecule has 0 bridgehead atoms. The van der Waals surface area contributed by atoms with E-state index < -0.39 is 11.8 Å². The number of likely N-dealkylation sites (tertiary alicyclic amines) is 1. The number of carbonyl (C=O) groups excluding carboxylic acids is 2. The van der Waals surface area contributed by atoms with E-state index in [0.717, 1.165) is 26.2 Å². The summed E-state index contributed by atoms with van der Waals surface area (Å²) in [6, 6.07) is 4.34. The molecular weight excluding hydrogens is 324 g/mol. The average Bonchev–Trinajstić information content (AvgIpc) is 3.09. The highest BCUT2D eigenvalue weighted by molar-refractivity contribution is 7.10. The summed E-state index contributed by atoms with van der Waals surface area (Å²) in [5.41, 5.74) is 0. The number of rotatable bonds is 7. The van der Waals surface area contributed by atoms with Crippen molar-refractivity contribution in [3.63, 3.8) is 0 Å². The molecule has 2 N–H and O–H groups in total. The molecule has 0 spiro atoms. The number of nitrogens with one attached hydrogen (secondary N) is 2. The second-order valence-corrected chi connectivity index (χ2v) is 7.43. The van der Waals surface area contributed by atoms with Crippen LogP contribution in [-0.2, 0) is 9.59 Å². The molecule has 2 heterocycles. The number of piperidine rings is 1. The largest absolute Gasteiger partial charge is 0.347 e. The number of hydrogen-bond acceptors (Lipinski definition) is 5. The summed E-state index contributed by atoms with van der Waals surface area (Å²) >= 11 is 1.84. The first-order valence-corrected chi connectivity index (χ1v) is 9.40. The summed E-state index contributed by atoms with van der Waals surface area (Å²) in [4.78, 5) is 29.1. The van der Waals surface area contributed by atoms with Crippen LogP contribution in [0.1, 0.15) is 23.6 Å². The minimum atomic E-state index is -0.548. The van der Waals surface area contributed by atoms with Crippen molar-refractivity contribution in [2.75, 3.05) is 53.4 Å². The fraction of sp³-hybridized carbons (Fsp3) is 0.647. The molecule has 0 saturated carbocycles. The molecule has 7 heteroatoms. The van der Waals surface area contributed by atoms with Gasteiger partial charge in [-0.25, -0.2) is 0 Å². The first kappa shape index (κ1) is 18.9. The second kappa shape index (κ2) is 9.76. The molecule has 1 aliphatic rings. The van der Waals surface area contributed by atoms with E-state index in [0.29, 0.717) is 19.0 Å². The third-order valence-electron chi connectivity index (χ3n) is 4.30. The van der Waals surface area contributed by atoms with E-state index in [1.54, 1.807) is 0 Å². The van der Waals surface area contributed by atoms with Crippen LogP contribution >= 0.6 is 11.3 Å². The van der Waals surface area contributed by atoms with Crippen LogP contribution in [0.2, 0.25) is 0 Å². The van der Waals surface area contributed by atoms with Gasteiger partial charge in [0, 0.05) is 31.1 Å². The van der Waals surface area contributed by atoms with Gasteiger partial charge in [0.05, 0.1) is 0 Å². The average molecular weight is 353 g/mol. The monoisotopic (exact) mass is 352 g/mol. The zero-order chi connectivity index (χ0) is 17.4. The Morgan fingerprint density at radius 1 is 1.21 bits per heavy atom. The van der Waals surface area contributed by atoms with Gasteiger partial charge in [0.15, 0.2) is 0 Å². The zero-order valence-electron chi connectivity index (χ0n) is 14.6. The Kier molecular flexibility index (Phi) is 7.68. The fourth-order valence-electron chi connectivity index (χ4n) is 2.85. The lowest BCUT2D eigenvalue weighted by Gasteiger charge is -2.31. The molecule has 1 aromatic heterocycles. The Morgan fingerprint density at radius 2 is 1.88 bits per heavy atom. The van der Waals surface area contributed by atoms with Gasteiger partial charge in [0.1, 0.15) is 0 Å². The van der Waals surface area contributed by atoms with Crippen LogP contribution in [0.3, 0.4) is 0 Å². The SMILES string of the molecule is CN(C)CCNC(=O)C(=O)NCCN1CCC(c2cccs2)CC1. The zero-order valence-corrected chi connectivity index (χ0v) is 15.4. The molecule has 0 radical (unpaired) electrons. The maximum Gasteiger partial charge on any atom is 0.309 e. The molecule has 24 heavy (non-hydrogen) atoms. The molecule has 134 valence electrons. The number of likely N-dealkylation sites (N-methyl/N-ethyl adjacent to an activating group) is 1. The normalized spacial score (nSPS) is 16.3. The van der Waals surface area contributed by atoms with Crippen LogP contribution in [0, 0.1) is 0 Å². The second-order valence-electron chi connectivity index (χ2n) is 6.45. The minimum absolute atomic E-state index is 0.482. The van der Waals surface area contributed by atoms with Gasteiger partial charge in [-0.2, -0.15) is 0 Å². The van der Waals surface area contributed by atoms with E-state index in [1.807, 2.05) is 30.3 Å². The van der Waals surface area contributed by atoms with E-state index in [9.17, 15) is 9.59 Å². The van der Waals surface area contributed by atoms with Crippen molar-refractivity contribution in [3.05, 3.63) is 22.4 Å². The maximum atomic E-state index is 11.7.